The Morgan fingerprint density at radius 2 is 1.11 bits per heavy atom. The van der Waals surface area contributed by atoms with E-state index in [0.29, 0.717) is 0 Å². The van der Waals surface area contributed by atoms with Gasteiger partial charge in [0.15, 0.2) is 0 Å². The van der Waals surface area contributed by atoms with Crippen molar-refractivity contribution in [3.63, 3.8) is 0 Å². The van der Waals surface area contributed by atoms with Crippen molar-refractivity contribution >= 4 is 23.5 Å². The summed E-state index contributed by atoms with van der Waals surface area (Å²) in [6, 6.07) is 12.9. The summed E-state index contributed by atoms with van der Waals surface area (Å²) in [4.78, 5) is 38.7. The largest absolute Gasteiger partial charge is 1.00 e. The maximum absolute atomic E-state index is 12.1. The molecule has 0 radical (unpaired) electrons. The summed E-state index contributed by atoms with van der Waals surface area (Å²) in [6.45, 7) is 9.67. The molecule has 2 aromatic carbocycles. The first-order chi connectivity index (χ1) is 21.8. The first-order valence-corrected chi connectivity index (χ1v) is 15.6. The molecule has 0 atom stereocenters. The zero-order valence-electron chi connectivity index (χ0n) is 28.6. The van der Waals surface area contributed by atoms with Gasteiger partial charge in [0.1, 0.15) is 5.82 Å². The summed E-state index contributed by atoms with van der Waals surface area (Å²) in [7, 11) is 0. The van der Waals surface area contributed by atoms with Crippen molar-refractivity contribution < 1.29 is 89.7 Å². The number of anilines is 1. The van der Waals surface area contributed by atoms with Gasteiger partial charge in [-0.05, 0) is 115 Å². The van der Waals surface area contributed by atoms with Crippen LogP contribution in [0.3, 0.4) is 0 Å². The van der Waals surface area contributed by atoms with Crippen LogP contribution in [0.1, 0.15) is 52.8 Å². The van der Waals surface area contributed by atoms with E-state index in [2.05, 4.69) is 24.9 Å². The summed E-state index contributed by atoms with van der Waals surface area (Å²) < 4.78 is 12.1. The van der Waals surface area contributed by atoms with Crippen molar-refractivity contribution in [3.8, 4) is 0 Å². The standard InChI is InChI=1S/C15H21N3O2.C9H18N2.C6H4FNO2.CH2O3.2Na.H/c19-18(20)15-5-3-13(4-6-15)17-11-7-14(8-12-17)16-9-1-2-10-16;1-2-8-11(7-1)9-3-5-10-6-4-9;7-5-1-3-6(4-2-5)8(9)10;2-1-4-3;;;/h3-6,14H,1-2,7-12H2;9-10H,1-8H2;1-4H;1,3H;;;/q;;;;2*+1;-1/p-1. The predicted molar refractivity (Wildman–Crippen MR) is 167 cm³/mol. The summed E-state index contributed by atoms with van der Waals surface area (Å²) in [6.07, 6.45) is 10.7. The first-order valence-electron chi connectivity index (χ1n) is 15.6. The Balaban J connectivity index is 0.000000677. The number of non-ortho nitro benzene ring substituents is 2. The Morgan fingerprint density at radius 1 is 0.723 bits per heavy atom. The zero-order chi connectivity index (χ0) is 32.4. The molecule has 6 rings (SSSR count). The van der Waals surface area contributed by atoms with Gasteiger partial charge in [0, 0.05) is 55.1 Å². The number of nitrogens with zero attached hydrogens (tertiary/aromatic N) is 5. The third kappa shape index (κ3) is 15.6. The van der Waals surface area contributed by atoms with Crippen LogP contribution in [0, 0.1) is 26.0 Å². The summed E-state index contributed by atoms with van der Waals surface area (Å²) >= 11 is 0. The van der Waals surface area contributed by atoms with Crippen molar-refractivity contribution in [3.05, 3.63) is 74.6 Å². The average molecular weight is 679 g/mol. The number of likely N-dealkylation sites (tertiary alicyclic amines) is 2. The molecule has 2 aromatic rings. The van der Waals surface area contributed by atoms with Crippen LogP contribution in [0.15, 0.2) is 48.5 Å². The van der Waals surface area contributed by atoms with Crippen LogP contribution >= 0.6 is 0 Å². The van der Waals surface area contributed by atoms with Crippen LogP contribution in [0.2, 0.25) is 0 Å². The van der Waals surface area contributed by atoms with Crippen LogP contribution in [0.25, 0.3) is 0 Å². The maximum atomic E-state index is 12.1. The molecule has 4 aliphatic rings. The average Bonchev–Trinajstić information content (AvgIpc) is 3.82. The minimum absolute atomic E-state index is 0. The second-order valence-corrected chi connectivity index (χ2v) is 11.4. The molecule has 13 nitrogen and oxygen atoms in total. The fourth-order valence-corrected chi connectivity index (χ4v) is 6.22. The Morgan fingerprint density at radius 3 is 1.49 bits per heavy atom. The van der Waals surface area contributed by atoms with Crippen molar-refractivity contribution in [2.75, 3.05) is 57.3 Å². The van der Waals surface area contributed by atoms with Gasteiger partial charge in [-0.15, -0.1) is 0 Å². The molecule has 47 heavy (non-hydrogen) atoms. The summed E-state index contributed by atoms with van der Waals surface area (Å²) in [5.74, 6) is -0.467. The van der Waals surface area contributed by atoms with E-state index in [4.69, 9.17) is 10.1 Å². The van der Waals surface area contributed by atoms with Gasteiger partial charge in [0.2, 0.25) is 0 Å². The topological polar surface area (TPSA) is 157 Å². The maximum Gasteiger partial charge on any atom is 1.00 e. The van der Waals surface area contributed by atoms with Crippen LogP contribution in [-0.4, -0.2) is 90.6 Å². The second-order valence-electron chi connectivity index (χ2n) is 11.4. The molecule has 4 heterocycles. The molecule has 4 aliphatic heterocycles. The van der Waals surface area contributed by atoms with Gasteiger partial charge in [0.25, 0.3) is 17.8 Å². The summed E-state index contributed by atoms with van der Waals surface area (Å²) in [5.41, 5.74) is 1.18. The Bertz CT molecular complexity index is 1170. The molecule has 0 amide bonds. The van der Waals surface area contributed by atoms with Crippen molar-refractivity contribution in [2.45, 2.75) is 63.5 Å². The van der Waals surface area contributed by atoms with E-state index in [1.165, 1.54) is 90.6 Å². The number of hydrogen-bond acceptors (Lipinski definition) is 11. The molecular formula is C31H45FN6Na2O7. The molecular weight excluding hydrogens is 633 g/mol. The molecule has 0 aromatic heterocycles. The minimum Gasteiger partial charge on any atom is -1.00 e. The number of nitro groups is 2. The first kappa shape index (κ1) is 43.3. The van der Waals surface area contributed by atoms with E-state index in [0.717, 1.165) is 55.1 Å². The molecule has 0 unspecified atom stereocenters. The number of nitrogens with one attached hydrogen (secondary N) is 1. The molecule has 0 saturated carbocycles. The SMILES string of the molecule is C1CCN(C2CCNCC2)C1.O=CO[O-].O=[N+]([O-])c1ccc(F)cc1.O=[N+]([O-])c1ccc(N2CCC(N3CCCC3)CC2)cc1.[H-].[Na+].[Na+]. The molecule has 16 heteroatoms. The van der Waals surface area contributed by atoms with E-state index in [9.17, 15) is 24.6 Å². The molecule has 0 spiro atoms. The monoisotopic (exact) mass is 678 g/mol. The van der Waals surface area contributed by atoms with E-state index in [-0.39, 0.29) is 83.3 Å². The van der Waals surface area contributed by atoms with Gasteiger partial charge in [-0.2, -0.15) is 0 Å². The molecule has 0 aliphatic carbocycles. The number of hydrogen-bond donors (Lipinski definition) is 1. The van der Waals surface area contributed by atoms with Gasteiger partial charge >= 0.3 is 59.1 Å². The molecule has 4 fully saturated rings. The van der Waals surface area contributed by atoms with Crippen molar-refractivity contribution in [1.29, 1.82) is 0 Å². The van der Waals surface area contributed by atoms with Gasteiger partial charge in [-0.3, -0.25) is 25.0 Å². The smallest absolute Gasteiger partial charge is 1.00 e. The quantitative estimate of drug-likeness (QED) is 0.116. The van der Waals surface area contributed by atoms with Crippen LogP contribution < -0.4 is 74.6 Å². The predicted octanol–water partition coefficient (Wildman–Crippen LogP) is -2.22. The number of nitro benzene ring substituents is 2. The third-order valence-corrected chi connectivity index (χ3v) is 8.59. The van der Waals surface area contributed by atoms with Crippen molar-refractivity contribution in [1.82, 2.24) is 15.1 Å². The number of carbonyl (C=O) groups is 1. The number of rotatable bonds is 6. The van der Waals surface area contributed by atoms with E-state index >= 15 is 0 Å². The number of benzene rings is 2. The number of carbonyl (C=O) groups excluding carboxylic acids is 1. The number of piperidine rings is 2. The third-order valence-electron chi connectivity index (χ3n) is 8.59. The van der Waals surface area contributed by atoms with Crippen LogP contribution in [0.4, 0.5) is 21.5 Å². The van der Waals surface area contributed by atoms with E-state index in [1.54, 1.807) is 12.1 Å². The van der Waals surface area contributed by atoms with Crippen LogP contribution in [-0.2, 0) is 9.68 Å². The second kappa shape index (κ2) is 24.4. The van der Waals surface area contributed by atoms with E-state index in [1.807, 2.05) is 12.1 Å². The normalized spacial score (nSPS) is 18.4. The minimum atomic E-state index is -0.570. The van der Waals surface area contributed by atoms with Crippen molar-refractivity contribution in [2.24, 2.45) is 0 Å². The van der Waals surface area contributed by atoms with Gasteiger partial charge in [-0.25, -0.2) is 4.39 Å². The van der Waals surface area contributed by atoms with E-state index < -0.39 is 10.7 Å². The Labute approximate surface area is 321 Å². The van der Waals surface area contributed by atoms with Crippen LogP contribution in [0.5, 0.6) is 0 Å². The Hall–Kier alpha value is -1.72. The molecule has 0 bridgehead atoms. The molecule has 250 valence electrons. The van der Waals surface area contributed by atoms with Gasteiger partial charge < -0.3 is 31.6 Å². The van der Waals surface area contributed by atoms with Gasteiger partial charge in [-0.1, -0.05) is 0 Å². The van der Waals surface area contributed by atoms with Gasteiger partial charge in [0.05, 0.1) is 9.85 Å². The fraction of sp³-hybridized carbons (Fsp3) is 0.581. The summed E-state index contributed by atoms with van der Waals surface area (Å²) in [5, 5.41) is 32.5. The Kier molecular flexibility index (Phi) is 22.5. The number of halogens is 1. The molecule has 1 N–H and O–H groups in total. The fourth-order valence-electron chi connectivity index (χ4n) is 6.22. The molecule has 4 saturated heterocycles. The zero-order valence-corrected chi connectivity index (χ0v) is 31.6.